The summed E-state index contributed by atoms with van der Waals surface area (Å²) in [5.74, 6) is -0.118. The first-order valence-electron chi connectivity index (χ1n) is 9.51. The molecule has 0 radical (unpaired) electrons. The summed E-state index contributed by atoms with van der Waals surface area (Å²) in [6, 6.07) is 13.0. The van der Waals surface area contributed by atoms with Crippen molar-refractivity contribution in [2.75, 3.05) is 10.0 Å². The number of aryl methyl sites for hydroxylation is 1. The Morgan fingerprint density at radius 1 is 1.15 bits per heavy atom. The monoisotopic (exact) mass is 521 g/mol. The zero-order valence-electron chi connectivity index (χ0n) is 17.0. The number of hydrogen-bond donors (Lipinski definition) is 3. The van der Waals surface area contributed by atoms with Crippen molar-refractivity contribution in [3.63, 3.8) is 0 Å². The second kappa shape index (κ2) is 9.43. The fourth-order valence-corrected chi connectivity index (χ4v) is 5.36. The third-order valence-electron chi connectivity index (χ3n) is 4.38. The van der Waals surface area contributed by atoms with Crippen LogP contribution in [0.25, 0.3) is 10.1 Å². The van der Waals surface area contributed by atoms with Crippen LogP contribution in [0.2, 0.25) is 5.02 Å². The number of thiophene rings is 1. The Balaban J connectivity index is 1.40. The number of halogens is 1. The van der Waals surface area contributed by atoms with Gasteiger partial charge in [0.2, 0.25) is 5.89 Å². The van der Waals surface area contributed by atoms with Crippen molar-refractivity contribution in [3.05, 3.63) is 64.3 Å². The smallest absolute Gasteiger partial charge is 0.329 e. The van der Waals surface area contributed by atoms with E-state index in [-0.39, 0.29) is 16.0 Å². The number of aromatic nitrogens is 2. The van der Waals surface area contributed by atoms with Gasteiger partial charge in [0, 0.05) is 22.2 Å². The number of carbonyl (C=O) groups is 1. The van der Waals surface area contributed by atoms with E-state index in [9.17, 15) is 13.2 Å². The number of fused-ring (bicyclic) bond motifs is 1. The Bertz CT molecular complexity index is 1450. The maximum atomic E-state index is 12.6. The molecule has 1 amide bonds. The molecule has 4 rings (SSSR count). The summed E-state index contributed by atoms with van der Waals surface area (Å²) in [6.07, 6.45) is 0.487. The molecule has 0 aliphatic carbocycles. The lowest BCUT2D eigenvalue weighted by Gasteiger charge is -2.10. The van der Waals surface area contributed by atoms with Gasteiger partial charge in [-0.1, -0.05) is 41.8 Å². The van der Waals surface area contributed by atoms with Crippen molar-refractivity contribution in [2.24, 2.45) is 0 Å². The predicted molar refractivity (Wildman–Crippen MR) is 131 cm³/mol. The van der Waals surface area contributed by atoms with Gasteiger partial charge in [0.1, 0.15) is 4.88 Å². The van der Waals surface area contributed by atoms with Crippen LogP contribution in [0.5, 0.6) is 0 Å². The van der Waals surface area contributed by atoms with Crippen molar-refractivity contribution in [1.82, 2.24) is 15.5 Å². The van der Waals surface area contributed by atoms with Crippen molar-refractivity contribution < 1.29 is 17.6 Å². The molecule has 3 N–H and O–H groups in total. The van der Waals surface area contributed by atoms with Crippen LogP contribution >= 0.6 is 35.2 Å². The van der Waals surface area contributed by atoms with Crippen LogP contribution in [-0.2, 0) is 16.4 Å². The third kappa shape index (κ3) is 5.14. The summed E-state index contributed by atoms with van der Waals surface area (Å²) in [5.41, 5.74) is 0.479. The molecule has 9 nitrogen and oxygen atoms in total. The molecule has 0 aliphatic heterocycles. The van der Waals surface area contributed by atoms with Gasteiger partial charge in [-0.25, -0.2) is 13.1 Å². The highest BCUT2D eigenvalue weighted by Gasteiger charge is 2.19. The Labute approximate surface area is 203 Å². The van der Waals surface area contributed by atoms with Crippen molar-refractivity contribution >= 4 is 78.0 Å². The highest BCUT2D eigenvalue weighted by atomic mass is 35.5. The van der Waals surface area contributed by atoms with Crippen molar-refractivity contribution in [1.29, 1.82) is 0 Å². The van der Waals surface area contributed by atoms with Crippen LogP contribution in [0.1, 0.15) is 22.5 Å². The van der Waals surface area contributed by atoms with Gasteiger partial charge in [0.15, 0.2) is 5.11 Å². The number of hydrogen-bond acceptors (Lipinski definition) is 8. The largest absolute Gasteiger partial charge is 0.407 e. The maximum Gasteiger partial charge on any atom is 0.329 e. The van der Waals surface area contributed by atoms with Gasteiger partial charge < -0.3 is 9.73 Å². The number of nitrogens with one attached hydrogen (secondary N) is 3. The number of amides is 1. The lowest BCUT2D eigenvalue weighted by Crippen LogP contribution is -2.33. The summed E-state index contributed by atoms with van der Waals surface area (Å²) < 4.78 is 33.3. The number of rotatable bonds is 6. The normalized spacial score (nSPS) is 11.3. The predicted octanol–water partition coefficient (Wildman–Crippen LogP) is 4.43. The first-order chi connectivity index (χ1) is 15.8. The molecule has 33 heavy (non-hydrogen) atoms. The highest BCUT2D eigenvalue weighted by molar-refractivity contribution is 7.92. The van der Waals surface area contributed by atoms with E-state index >= 15 is 0 Å². The molecule has 0 bridgehead atoms. The maximum absolute atomic E-state index is 12.6. The Hall–Kier alpha value is -3.06. The molecule has 0 spiro atoms. The average Bonchev–Trinajstić information content (AvgIpc) is 3.38. The molecule has 0 unspecified atom stereocenters. The van der Waals surface area contributed by atoms with Gasteiger partial charge in [-0.15, -0.1) is 16.4 Å². The first kappa shape index (κ1) is 23.1. The van der Waals surface area contributed by atoms with Crippen LogP contribution < -0.4 is 15.4 Å². The molecule has 170 valence electrons. The van der Waals surface area contributed by atoms with Gasteiger partial charge in [0.05, 0.1) is 9.92 Å². The van der Waals surface area contributed by atoms with E-state index in [0.29, 0.717) is 27.9 Å². The van der Waals surface area contributed by atoms with Crippen LogP contribution in [-0.4, -0.2) is 29.6 Å². The van der Waals surface area contributed by atoms with Gasteiger partial charge in [-0.05, 0) is 42.5 Å². The van der Waals surface area contributed by atoms with E-state index in [1.54, 1.807) is 0 Å². The van der Waals surface area contributed by atoms with Gasteiger partial charge in [0.25, 0.3) is 15.9 Å². The van der Waals surface area contributed by atoms with Crippen LogP contribution in [0.4, 0.5) is 11.7 Å². The van der Waals surface area contributed by atoms with Crippen molar-refractivity contribution in [3.8, 4) is 0 Å². The zero-order chi connectivity index (χ0) is 23.6. The van der Waals surface area contributed by atoms with E-state index < -0.39 is 15.9 Å². The van der Waals surface area contributed by atoms with E-state index in [1.807, 2.05) is 31.2 Å². The number of benzene rings is 2. The molecule has 0 atom stereocenters. The van der Waals surface area contributed by atoms with Crippen LogP contribution in [0.15, 0.2) is 57.8 Å². The lowest BCUT2D eigenvalue weighted by atomic mass is 10.2. The fourth-order valence-electron chi connectivity index (χ4n) is 2.81. The minimum Gasteiger partial charge on any atom is -0.407 e. The molecular weight excluding hydrogens is 506 g/mol. The average molecular weight is 522 g/mol. The molecule has 0 saturated carbocycles. The highest BCUT2D eigenvalue weighted by Crippen LogP contribution is 2.35. The lowest BCUT2D eigenvalue weighted by molar-refractivity contribution is 0.0982. The summed E-state index contributed by atoms with van der Waals surface area (Å²) in [6.45, 7) is 1.81. The van der Waals surface area contributed by atoms with E-state index in [1.165, 1.54) is 35.6 Å². The van der Waals surface area contributed by atoms with Gasteiger partial charge in [-0.2, -0.15) is 0 Å². The van der Waals surface area contributed by atoms with E-state index in [2.05, 4.69) is 25.6 Å². The van der Waals surface area contributed by atoms with Gasteiger partial charge in [-0.3, -0.25) is 10.1 Å². The molecule has 13 heteroatoms. The molecular formula is C20H16ClN5O4S3. The zero-order valence-corrected chi connectivity index (χ0v) is 20.2. The fraction of sp³-hybridized carbons (Fsp3) is 0.100. The summed E-state index contributed by atoms with van der Waals surface area (Å²) >= 11 is 12.8. The van der Waals surface area contributed by atoms with E-state index in [0.717, 1.165) is 10.1 Å². The number of anilines is 2. The van der Waals surface area contributed by atoms with Crippen LogP contribution in [0.3, 0.4) is 0 Å². The first-order valence-corrected chi connectivity index (χ1v) is 12.6. The second-order valence-corrected chi connectivity index (χ2v) is 10.2. The minimum absolute atomic E-state index is 0.0173. The number of nitrogens with zero attached hydrogens (tertiary/aromatic N) is 2. The van der Waals surface area contributed by atoms with Crippen molar-refractivity contribution in [2.45, 2.75) is 18.2 Å². The molecule has 0 saturated heterocycles. The summed E-state index contributed by atoms with van der Waals surface area (Å²) in [7, 11) is -3.92. The summed E-state index contributed by atoms with van der Waals surface area (Å²) in [4.78, 5) is 12.9. The third-order valence-corrected chi connectivity index (χ3v) is 7.60. The second-order valence-electron chi connectivity index (χ2n) is 6.63. The molecule has 2 heterocycles. The molecule has 4 aromatic rings. The molecule has 2 aromatic heterocycles. The number of carbonyl (C=O) groups excluding carboxylic acids is 1. The Kier molecular flexibility index (Phi) is 6.61. The summed E-state index contributed by atoms with van der Waals surface area (Å²) in [5, 5.41) is 14.0. The standard InChI is InChI=1S/C20H16ClN5O4S3/c1-2-15-24-25-19(30-15)26-33(28,29)12-9-7-11(8-10-12)22-20(31)23-18(27)17-16(21)13-5-3-4-6-14(13)32-17/h3-10H,2H2,1H3,(H,25,26)(H2,22,23,27,31). The number of sulfonamides is 1. The molecule has 0 aliphatic rings. The van der Waals surface area contributed by atoms with Crippen LogP contribution in [0, 0.1) is 0 Å². The Morgan fingerprint density at radius 2 is 1.88 bits per heavy atom. The van der Waals surface area contributed by atoms with E-state index in [4.69, 9.17) is 28.2 Å². The quantitative estimate of drug-likeness (QED) is 0.318. The van der Waals surface area contributed by atoms with Gasteiger partial charge >= 0.3 is 6.01 Å². The minimum atomic E-state index is -3.92. The topological polar surface area (TPSA) is 126 Å². The molecule has 0 fully saturated rings. The Morgan fingerprint density at radius 3 is 2.55 bits per heavy atom. The molecule has 2 aromatic carbocycles. The SMILES string of the molecule is CCc1nnc(NS(=O)(=O)c2ccc(NC(=S)NC(=O)c3sc4ccccc4c3Cl)cc2)o1. The number of thiocarbonyl (C=S) groups is 1.